The normalized spacial score (nSPS) is 17.8. The molecule has 0 N–H and O–H groups in total. The summed E-state index contributed by atoms with van der Waals surface area (Å²) in [6.07, 6.45) is 5.77. The maximum atomic E-state index is 12.5. The minimum absolute atomic E-state index is 0.0671. The highest BCUT2D eigenvalue weighted by atomic mass is 16.2. The van der Waals surface area contributed by atoms with Gasteiger partial charge in [0.2, 0.25) is 0 Å². The summed E-state index contributed by atoms with van der Waals surface area (Å²) >= 11 is 0. The second kappa shape index (κ2) is 7.04. The zero-order chi connectivity index (χ0) is 17.1. The Balaban J connectivity index is 1.36. The van der Waals surface area contributed by atoms with Crippen molar-refractivity contribution in [3.05, 3.63) is 42.2 Å². The Bertz CT molecular complexity index is 706. The second-order valence-electron chi connectivity index (χ2n) is 6.46. The SMILES string of the molecule is O=C(c1ccncc1)N1CCN(c2ccc(N3CCCC3)nn2)CC1. The van der Waals surface area contributed by atoms with E-state index in [0.717, 1.165) is 37.8 Å². The first-order valence-corrected chi connectivity index (χ1v) is 8.84. The maximum Gasteiger partial charge on any atom is 0.254 e. The van der Waals surface area contributed by atoms with E-state index in [1.165, 1.54) is 12.8 Å². The largest absolute Gasteiger partial charge is 0.355 e. The first-order chi connectivity index (χ1) is 12.3. The number of anilines is 2. The van der Waals surface area contributed by atoms with Gasteiger partial charge in [-0.05, 0) is 37.1 Å². The Morgan fingerprint density at radius 1 is 0.760 bits per heavy atom. The Morgan fingerprint density at radius 2 is 1.32 bits per heavy atom. The average Bonchev–Trinajstić information content (AvgIpc) is 3.23. The van der Waals surface area contributed by atoms with Gasteiger partial charge in [0.15, 0.2) is 11.6 Å². The van der Waals surface area contributed by atoms with Crippen LogP contribution in [-0.2, 0) is 0 Å². The van der Waals surface area contributed by atoms with Gasteiger partial charge in [-0.2, -0.15) is 0 Å². The number of hydrogen-bond donors (Lipinski definition) is 0. The fourth-order valence-electron chi connectivity index (χ4n) is 3.42. The van der Waals surface area contributed by atoms with Crippen LogP contribution >= 0.6 is 0 Å². The van der Waals surface area contributed by atoms with Gasteiger partial charge < -0.3 is 14.7 Å². The van der Waals surface area contributed by atoms with Crippen LogP contribution < -0.4 is 9.80 Å². The molecule has 0 bridgehead atoms. The minimum atomic E-state index is 0.0671. The summed E-state index contributed by atoms with van der Waals surface area (Å²) in [7, 11) is 0. The third kappa shape index (κ3) is 3.40. The first-order valence-electron chi connectivity index (χ1n) is 8.84. The number of carbonyl (C=O) groups is 1. The molecule has 2 aromatic heterocycles. The lowest BCUT2D eigenvalue weighted by molar-refractivity contribution is 0.0746. The molecule has 2 saturated heterocycles. The molecule has 1 amide bonds. The number of pyridine rings is 1. The molecule has 7 nitrogen and oxygen atoms in total. The van der Waals surface area contributed by atoms with Crippen LogP contribution in [0.15, 0.2) is 36.7 Å². The molecule has 0 atom stereocenters. The minimum Gasteiger partial charge on any atom is -0.355 e. The quantitative estimate of drug-likeness (QED) is 0.844. The smallest absolute Gasteiger partial charge is 0.254 e. The highest BCUT2D eigenvalue weighted by Crippen LogP contribution is 2.20. The predicted molar refractivity (Wildman–Crippen MR) is 95.8 cm³/mol. The average molecular weight is 338 g/mol. The van der Waals surface area contributed by atoms with Crippen molar-refractivity contribution >= 4 is 17.5 Å². The number of amides is 1. The molecule has 0 spiro atoms. The first kappa shape index (κ1) is 15.8. The third-order valence-corrected chi connectivity index (χ3v) is 4.88. The van der Waals surface area contributed by atoms with Crippen LogP contribution in [0.4, 0.5) is 11.6 Å². The third-order valence-electron chi connectivity index (χ3n) is 4.88. The van der Waals surface area contributed by atoms with E-state index in [2.05, 4.69) is 31.0 Å². The van der Waals surface area contributed by atoms with E-state index < -0.39 is 0 Å². The summed E-state index contributed by atoms with van der Waals surface area (Å²) in [5, 5.41) is 8.78. The van der Waals surface area contributed by atoms with E-state index in [1.807, 2.05) is 11.0 Å². The summed E-state index contributed by atoms with van der Waals surface area (Å²) < 4.78 is 0. The highest BCUT2D eigenvalue weighted by Gasteiger charge is 2.23. The lowest BCUT2D eigenvalue weighted by atomic mass is 10.2. The van der Waals surface area contributed by atoms with Gasteiger partial charge in [0.05, 0.1) is 0 Å². The Morgan fingerprint density at radius 3 is 1.88 bits per heavy atom. The molecule has 4 rings (SSSR count). The van der Waals surface area contributed by atoms with Gasteiger partial charge >= 0.3 is 0 Å². The Kier molecular flexibility index (Phi) is 4.45. The van der Waals surface area contributed by atoms with Gasteiger partial charge in [-0.3, -0.25) is 9.78 Å². The second-order valence-corrected chi connectivity index (χ2v) is 6.46. The van der Waals surface area contributed by atoms with Crippen LogP contribution in [-0.4, -0.2) is 65.3 Å². The van der Waals surface area contributed by atoms with Crippen molar-refractivity contribution in [3.63, 3.8) is 0 Å². The van der Waals surface area contributed by atoms with Gasteiger partial charge in [-0.15, -0.1) is 10.2 Å². The fourth-order valence-corrected chi connectivity index (χ4v) is 3.42. The van der Waals surface area contributed by atoms with Gasteiger partial charge in [-0.25, -0.2) is 0 Å². The Labute approximate surface area is 147 Å². The van der Waals surface area contributed by atoms with E-state index >= 15 is 0 Å². The van der Waals surface area contributed by atoms with Crippen molar-refractivity contribution in [3.8, 4) is 0 Å². The van der Waals surface area contributed by atoms with Crippen molar-refractivity contribution in [1.82, 2.24) is 20.1 Å². The van der Waals surface area contributed by atoms with Gasteiger partial charge in [0.1, 0.15) is 0 Å². The van der Waals surface area contributed by atoms with Crippen molar-refractivity contribution in [2.75, 3.05) is 49.1 Å². The van der Waals surface area contributed by atoms with Crippen LogP contribution in [0.5, 0.6) is 0 Å². The van der Waals surface area contributed by atoms with Crippen molar-refractivity contribution < 1.29 is 4.79 Å². The number of carbonyl (C=O) groups excluding carboxylic acids is 1. The predicted octanol–water partition coefficient (Wildman–Crippen LogP) is 1.43. The molecule has 25 heavy (non-hydrogen) atoms. The topological polar surface area (TPSA) is 65.5 Å². The van der Waals surface area contributed by atoms with Crippen LogP contribution in [0, 0.1) is 0 Å². The van der Waals surface area contributed by atoms with Gasteiger partial charge in [0, 0.05) is 57.2 Å². The number of rotatable bonds is 3. The summed E-state index contributed by atoms with van der Waals surface area (Å²) in [5.74, 6) is 1.92. The van der Waals surface area contributed by atoms with E-state index in [-0.39, 0.29) is 5.91 Å². The van der Waals surface area contributed by atoms with Crippen molar-refractivity contribution in [2.24, 2.45) is 0 Å². The van der Waals surface area contributed by atoms with Crippen LogP contribution in [0.1, 0.15) is 23.2 Å². The lowest BCUT2D eigenvalue weighted by Crippen LogP contribution is -2.49. The van der Waals surface area contributed by atoms with Crippen molar-refractivity contribution in [1.29, 1.82) is 0 Å². The molecule has 2 aliphatic rings. The van der Waals surface area contributed by atoms with E-state index in [1.54, 1.807) is 24.5 Å². The molecule has 0 radical (unpaired) electrons. The maximum absolute atomic E-state index is 12.5. The van der Waals surface area contributed by atoms with Crippen LogP contribution in [0.25, 0.3) is 0 Å². The standard InChI is InChI=1S/C18H22N6O/c25-18(15-5-7-19-8-6-15)24-13-11-23(12-14-24)17-4-3-16(20-21-17)22-9-1-2-10-22/h3-8H,1-2,9-14H2. The number of aromatic nitrogens is 3. The number of hydrogen-bond acceptors (Lipinski definition) is 6. The molecule has 2 aliphatic heterocycles. The van der Waals surface area contributed by atoms with Gasteiger partial charge in [-0.1, -0.05) is 0 Å². The zero-order valence-electron chi connectivity index (χ0n) is 14.2. The lowest BCUT2D eigenvalue weighted by Gasteiger charge is -2.35. The molecule has 0 unspecified atom stereocenters. The molecular formula is C18H22N6O. The molecule has 0 aromatic carbocycles. The number of piperazine rings is 1. The molecular weight excluding hydrogens is 316 g/mol. The monoisotopic (exact) mass is 338 g/mol. The highest BCUT2D eigenvalue weighted by molar-refractivity contribution is 5.94. The van der Waals surface area contributed by atoms with E-state index in [4.69, 9.17) is 0 Å². The molecule has 4 heterocycles. The molecule has 0 aliphatic carbocycles. The fraction of sp³-hybridized carbons (Fsp3) is 0.444. The van der Waals surface area contributed by atoms with E-state index in [9.17, 15) is 4.79 Å². The Hall–Kier alpha value is -2.70. The summed E-state index contributed by atoms with van der Waals surface area (Å²) in [4.78, 5) is 22.8. The zero-order valence-corrected chi connectivity index (χ0v) is 14.2. The molecule has 2 aromatic rings. The summed E-state index contributed by atoms with van der Waals surface area (Å²) in [6, 6.07) is 7.62. The number of nitrogens with zero attached hydrogens (tertiary/aromatic N) is 6. The van der Waals surface area contributed by atoms with E-state index in [0.29, 0.717) is 18.7 Å². The molecule has 7 heteroatoms. The summed E-state index contributed by atoms with van der Waals surface area (Å²) in [5.41, 5.74) is 0.693. The molecule has 130 valence electrons. The van der Waals surface area contributed by atoms with Gasteiger partial charge in [0.25, 0.3) is 5.91 Å². The molecule has 0 saturated carbocycles. The van der Waals surface area contributed by atoms with Crippen LogP contribution in [0.2, 0.25) is 0 Å². The van der Waals surface area contributed by atoms with Crippen molar-refractivity contribution in [2.45, 2.75) is 12.8 Å². The summed E-state index contributed by atoms with van der Waals surface area (Å²) in [6.45, 7) is 5.07. The van der Waals surface area contributed by atoms with Crippen LogP contribution in [0.3, 0.4) is 0 Å². The molecule has 2 fully saturated rings.